The summed E-state index contributed by atoms with van der Waals surface area (Å²) in [5.41, 5.74) is 6.44. The lowest BCUT2D eigenvalue weighted by Gasteiger charge is -2.47. The Morgan fingerprint density at radius 1 is 1.24 bits per heavy atom. The molecule has 0 aromatic rings. The summed E-state index contributed by atoms with van der Waals surface area (Å²) in [7, 11) is 2.26. The van der Waals surface area contributed by atoms with Gasteiger partial charge in [0.25, 0.3) is 0 Å². The highest BCUT2D eigenvalue weighted by atomic mass is 16.5. The van der Waals surface area contributed by atoms with E-state index in [4.69, 9.17) is 10.5 Å². The zero-order valence-corrected chi connectivity index (χ0v) is 14.4. The molecule has 0 amide bonds. The molecule has 2 atom stereocenters. The van der Waals surface area contributed by atoms with Gasteiger partial charge in [-0.15, -0.1) is 0 Å². The van der Waals surface area contributed by atoms with E-state index in [0.29, 0.717) is 0 Å². The van der Waals surface area contributed by atoms with Crippen molar-refractivity contribution in [1.29, 1.82) is 0 Å². The van der Waals surface area contributed by atoms with Crippen molar-refractivity contribution >= 4 is 0 Å². The van der Waals surface area contributed by atoms with Gasteiger partial charge in [0.1, 0.15) is 0 Å². The summed E-state index contributed by atoms with van der Waals surface area (Å²) < 4.78 is 5.82. The molecule has 21 heavy (non-hydrogen) atoms. The van der Waals surface area contributed by atoms with Crippen molar-refractivity contribution in [2.24, 2.45) is 23.5 Å². The van der Waals surface area contributed by atoms with Crippen LogP contribution >= 0.6 is 0 Å². The molecule has 2 saturated carbocycles. The zero-order valence-electron chi connectivity index (χ0n) is 14.4. The van der Waals surface area contributed by atoms with Crippen molar-refractivity contribution in [3.63, 3.8) is 0 Å². The molecule has 124 valence electrons. The summed E-state index contributed by atoms with van der Waals surface area (Å²) in [5.74, 6) is 2.52. The normalized spacial score (nSPS) is 30.3. The van der Waals surface area contributed by atoms with Crippen LogP contribution in [-0.2, 0) is 4.74 Å². The Balaban J connectivity index is 1.79. The summed E-state index contributed by atoms with van der Waals surface area (Å²) >= 11 is 0. The number of nitrogens with zero attached hydrogens (tertiary/aromatic N) is 1. The van der Waals surface area contributed by atoms with Crippen molar-refractivity contribution in [3.05, 3.63) is 0 Å². The fourth-order valence-corrected chi connectivity index (χ4v) is 3.99. The highest BCUT2D eigenvalue weighted by Crippen LogP contribution is 2.38. The zero-order chi connectivity index (χ0) is 15.3. The Morgan fingerprint density at radius 3 is 2.62 bits per heavy atom. The largest absolute Gasteiger partial charge is 0.380 e. The summed E-state index contributed by atoms with van der Waals surface area (Å²) in [6.07, 6.45) is 9.37. The van der Waals surface area contributed by atoms with E-state index in [1.54, 1.807) is 0 Å². The molecule has 2 rings (SSSR count). The molecule has 3 nitrogen and oxygen atoms in total. The van der Waals surface area contributed by atoms with Gasteiger partial charge in [-0.3, -0.25) is 4.90 Å². The Hall–Kier alpha value is -0.120. The predicted octanol–water partition coefficient (Wildman–Crippen LogP) is 3.28. The van der Waals surface area contributed by atoms with Gasteiger partial charge in [-0.05, 0) is 56.9 Å². The van der Waals surface area contributed by atoms with Gasteiger partial charge in [0.2, 0.25) is 0 Å². The monoisotopic (exact) mass is 296 g/mol. The first-order valence-electron chi connectivity index (χ1n) is 9.05. The van der Waals surface area contributed by atoms with Gasteiger partial charge in [-0.1, -0.05) is 26.7 Å². The van der Waals surface area contributed by atoms with E-state index in [9.17, 15) is 0 Å². The standard InChI is InChI=1S/C18H36N2O/c1-15(2)11-17-5-4-8-18(12-17,14-19)20(3)9-10-21-13-16-6-7-16/h15-17H,4-14,19H2,1-3H3. The molecule has 2 aliphatic rings. The van der Waals surface area contributed by atoms with Crippen LogP contribution in [0.5, 0.6) is 0 Å². The average molecular weight is 296 g/mol. The molecular formula is C18H36N2O. The Morgan fingerprint density at radius 2 is 2.00 bits per heavy atom. The second-order valence-corrected chi connectivity index (χ2v) is 7.96. The van der Waals surface area contributed by atoms with Crippen LogP contribution in [0.2, 0.25) is 0 Å². The van der Waals surface area contributed by atoms with Crippen LogP contribution in [0, 0.1) is 17.8 Å². The van der Waals surface area contributed by atoms with Crippen molar-refractivity contribution < 1.29 is 4.74 Å². The van der Waals surface area contributed by atoms with Gasteiger partial charge in [0.05, 0.1) is 6.61 Å². The van der Waals surface area contributed by atoms with Crippen molar-refractivity contribution in [1.82, 2.24) is 4.90 Å². The van der Waals surface area contributed by atoms with E-state index < -0.39 is 0 Å². The van der Waals surface area contributed by atoms with E-state index in [-0.39, 0.29) is 5.54 Å². The molecule has 2 N–H and O–H groups in total. The highest BCUT2D eigenvalue weighted by Gasteiger charge is 2.38. The molecule has 0 aromatic heterocycles. The number of rotatable bonds is 9. The number of hydrogen-bond donors (Lipinski definition) is 1. The molecule has 2 unspecified atom stereocenters. The lowest BCUT2D eigenvalue weighted by Crippen LogP contribution is -2.55. The summed E-state index contributed by atoms with van der Waals surface area (Å²) in [5, 5.41) is 0. The van der Waals surface area contributed by atoms with Crippen LogP contribution in [0.1, 0.15) is 58.8 Å². The lowest BCUT2D eigenvalue weighted by molar-refractivity contribution is 0.0224. The second-order valence-electron chi connectivity index (χ2n) is 7.96. The van der Waals surface area contributed by atoms with Gasteiger partial charge in [-0.25, -0.2) is 0 Å². The molecule has 3 heteroatoms. The topological polar surface area (TPSA) is 38.5 Å². The molecule has 2 aliphatic carbocycles. The minimum absolute atomic E-state index is 0.223. The molecular weight excluding hydrogens is 260 g/mol. The SMILES string of the molecule is CC(C)CC1CCCC(CN)(N(C)CCOCC2CC2)C1. The van der Waals surface area contributed by atoms with Gasteiger partial charge in [-0.2, -0.15) is 0 Å². The molecule has 0 spiro atoms. The van der Waals surface area contributed by atoms with E-state index in [2.05, 4.69) is 25.8 Å². The number of likely N-dealkylation sites (N-methyl/N-ethyl adjacent to an activating group) is 1. The van der Waals surface area contributed by atoms with Crippen LogP contribution in [-0.4, -0.2) is 43.8 Å². The molecule has 0 aliphatic heterocycles. The smallest absolute Gasteiger partial charge is 0.0593 e. The molecule has 0 aromatic carbocycles. The molecule has 0 bridgehead atoms. The van der Waals surface area contributed by atoms with Crippen LogP contribution < -0.4 is 5.73 Å². The van der Waals surface area contributed by atoms with Crippen LogP contribution in [0.25, 0.3) is 0 Å². The van der Waals surface area contributed by atoms with Crippen LogP contribution in [0.15, 0.2) is 0 Å². The maximum absolute atomic E-state index is 6.21. The average Bonchev–Trinajstić information content (AvgIpc) is 3.27. The first-order valence-corrected chi connectivity index (χ1v) is 9.05. The fourth-order valence-electron chi connectivity index (χ4n) is 3.99. The number of ether oxygens (including phenoxy) is 1. The van der Waals surface area contributed by atoms with Crippen molar-refractivity contribution in [2.75, 3.05) is 33.4 Å². The summed E-state index contributed by atoms with van der Waals surface area (Å²) in [4.78, 5) is 2.51. The summed E-state index contributed by atoms with van der Waals surface area (Å²) in [6.45, 7) is 8.34. The van der Waals surface area contributed by atoms with Gasteiger partial charge < -0.3 is 10.5 Å². The molecule has 0 saturated heterocycles. The van der Waals surface area contributed by atoms with E-state index in [1.165, 1.54) is 44.9 Å². The maximum atomic E-state index is 6.21. The molecule has 2 fully saturated rings. The molecule has 0 radical (unpaired) electrons. The fraction of sp³-hybridized carbons (Fsp3) is 1.00. The number of hydrogen-bond acceptors (Lipinski definition) is 3. The third-order valence-electron chi connectivity index (χ3n) is 5.54. The van der Waals surface area contributed by atoms with Gasteiger partial charge in [0.15, 0.2) is 0 Å². The molecule has 0 heterocycles. The first kappa shape index (κ1) is 17.2. The lowest BCUT2D eigenvalue weighted by atomic mass is 9.72. The van der Waals surface area contributed by atoms with Crippen molar-refractivity contribution in [3.8, 4) is 0 Å². The van der Waals surface area contributed by atoms with Gasteiger partial charge in [0, 0.05) is 25.2 Å². The van der Waals surface area contributed by atoms with E-state index in [1.807, 2.05) is 0 Å². The highest BCUT2D eigenvalue weighted by molar-refractivity contribution is 4.95. The van der Waals surface area contributed by atoms with Crippen LogP contribution in [0.4, 0.5) is 0 Å². The maximum Gasteiger partial charge on any atom is 0.0593 e. The summed E-state index contributed by atoms with van der Waals surface area (Å²) in [6, 6.07) is 0. The van der Waals surface area contributed by atoms with E-state index in [0.717, 1.165) is 44.1 Å². The minimum Gasteiger partial charge on any atom is -0.380 e. The Kier molecular flexibility index (Phi) is 6.51. The minimum atomic E-state index is 0.223. The number of nitrogens with two attached hydrogens (primary N) is 1. The Bertz CT molecular complexity index is 304. The third-order valence-corrected chi connectivity index (χ3v) is 5.54. The van der Waals surface area contributed by atoms with Crippen molar-refractivity contribution in [2.45, 2.75) is 64.3 Å². The quantitative estimate of drug-likeness (QED) is 0.664. The van der Waals surface area contributed by atoms with E-state index >= 15 is 0 Å². The van der Waals surface area contributed by atoms with Gasteiger partial charge >= 0.3 is 0 Å². The second kappa shape index (κ2) is 7.94. The third kappa shape index (κ3) is 5.22. The Labute approximate surface area is 131 Å². The first-order chi connectivity index (χ1) is 10.1. The predicted molar refractivity (Wildman–Crippen MR) is 89.4 cm³/mol. The van der Waals surface area contributed by atoms with Crippen LogP contribution in [0.3, 0.4) is 0 Å².